The van der Waals surface area contributed by atoms with E-state index < -0.39 is 16.0 Å². The second kappa shape index (κ2) is 10.8. The minimum absolute atomic E-state index is 0.000926. The lowest BCUT2D eigenvalue weighted by molar-refractivity contribution is -0.134. The molecule has 0 spiro atoms. The van der Waals surface area contributed by atoms with Gasteiger partial charge in [-0.2, -0.15) is 4.31 Å². The van der Waals surface area contributed by atoms with Gasteiger partial charge in [0.1, 0.15) is 4.90 Å². The second-order valence-electron chi connectivity index (χ2n) is 7.78. The third kappa shape index (κ3) is 5.93. The minimum atomic E-state index is -3.86. The summed E-state index contributed by atoms with van der Waals surface area (Å²) in [5.74, 6) is -0.144. The first-order valence-corrected chi connectivity index (χ1v) is 12.0. The fourth-order valence-electron chi connectivity index (χ4n) is 3.81. The molecule has 2 aromatic carbocycles. The fourth-order valence-corrected chi connectivity index (χ4v) is 5.43. The van der Waals surface area contributed by atoms with Crippen molar-refractivity contribution in [3.63, 3.8) is 0 Å². The van der Waals surface area contributed by atoms with Crippen LogP contribution < -0.4 is 9.47 Å². The van der Waals surface area contributed by atoms with Crippen molar-refractivity contribution in [1.29, 1.82) is 0 Å². The topological polar surface area (TPSA) is 85.4 Å². The van der Waals surface area contributed by atoms with Gasteiger partial charge >= 0.3 is 5.97 Å². The number of hydrogen-bond donors (Lipinski definition) is 0. The first-order chi connectivity index (χ1) is 15.8. The smallest absolute Gasteiger partial charge is 0.330 e. The first kappa shape index (κ1) is 24.8. The zero-order valence-corrected chi connectivity index (χ0v) is 20.2. The Kier molecular flexibility index (Phi) is 8.12. The molecule has 0 radical (unpaired) electrons. The number of piperazine rings is 1. The summed E-state index contributed by atoms with van der Waals surface area (Å²) in [4.78, 5) is 13.7. The van der Waals surface area contributed by atoms with Crippen molar-refractivity contribution in [2.24, 2.45) is 0 Å². The number of rotatable bonds is 8. The lowest BCUT2D eigenvalue weighted by atomic mass is 10.1. The average molecular weight is 475 g/mol. The van der Waals surface area contributed by atoms with Crippen molar-refractivity contribution in [3.8, 4) is 11.5 Å². The maximum Gasteiger partial charge on any atom is 0.330 e. The Morgan fingerprint density at radius 3 is 2.36 bits per heavy atom. The highest BCUT2D eigenvalue weighted by Crippen LogP contribution is 2.37. The van der Waals surface area contributed by atoms with Crippen LogP contribution in [0, 0.1) is 6.92 Å². The Labute approximate surface area is 195 Å². The molecule has 1 aliphatic heterocycles. The number of esters is 1. The van der Waals surface area contributed by atoms with E-state index in [0.29, 0.717) is 31.7 Å². The van der Waals surface area contributed by atoms with Crippen LogP contribution in [-0.2, 0) is 26.1 Å². The van der Waals surface area contributed by atoms with Gasteiger partial charge in [0.05, 0.1) is 21.3 Å². The van der Waals surface area contributed by atoms with Gasteiger partial charge in [-0.05, 0) is 36.3 Å². The molecule has 0 amide bonds. The van der Waals surface area contributed by atoms with Crippen LogP contribution in [0.25, 0.3) is 6.08 Å². The van der Waals surface area contributed by atoms with Crippen LogP contribution in [0.4, 0.5) is 0 Å². The van der Waals surface area contributed by atoms with Crippen molar-refractivity contribution < 1.29 is 27.4 Å². The molecule has 2 aromatic rings. The van der Waals surface area contributed by atoms with Gasteiger partial charge < -0.3 is 14.2 Å². The molecule has 1 aliphatic rings. The van der Waals surface area contributed by atoms with Crippen molar-refractivity contribution >= 4 is 22.1 Å². The van der Waals surface area contributed by atoms with E-state index in [9.17, 15) is 13.2 Å². The summed E-state index contributed by atoms with van der Waals surface area (Å²) in [6.07, 6.45) is 2.70. The first-order valence-electron chi connectivity index (χ1n) is 10.6. The number of carbonyl (C=O) groups is 1. The number of nitrogens with zero attached hydrogens (tertiary/aromatic N) is 2. The van der Waals surface area contributed by atoms with E-state index in [1.807, 2.05) is 6.07 Å². The second-order valence-corrected chi connectivity index (χ2v) is 9.69. The summed E-state index contributed by atoms with van der Waals surface area (Å²) < 4.78 is 43.9. The van der Waals surface area contributed by atoms with Crippen LogP contribution in [0.1, 0.15) is 16.7 Å². The monoisotopic (exact) mass is 474 g/mol. The zero-order valence-electron chi connectivity index (χ0n) is 19.4. The molecule has 178 valence electrons. The molecule has 1 fully saturated rings. The van der Waals surface area contributed by atoms with E-state index in [2.05, 4.69) is 34.8 Å². The van der Waals surface area contributed by atoms with Gasteiger partial charge in [-0.1, -0.05) is 29.8 Å². The Morgan fingerprint density at radius 1 is 1.03 bits per heavy atom. The van der Waals surface area contributed by atoms with E-state index in [1.165, 1.54) is 55.0 Å². The van der Waals surface area contributed by atoms with Crippen LogP contribution in [0.15, 0.2) is 47.4 Å². The third-order valence-electron chi connectivity index (χ3n) is 5.52. The summed E-state index contributed by atoms with van der Waals surface area (Å²) in [6.45, 7) is 4.80. The van der Waals surface area contributed by atoms with Crippen molar-refractivity contribution in [3.05, 3.63) is 59.2 Å². The highest BCUT2D eigenvalue weighted by atomic mass is 32.2. The molecular weight excluding hydrogens is 444 g/mol. The molecule has 8 nitrogen and oxygen atoms in total. The van der Waals surface area contributed by atoms with Crippen LogP contribution >= 0.6 is 0 Å². The number of ether oxygens (including phenoxy) is 3. The number of aryl methyl sites for hydroxylation is 1. The third-order valence-corrected chi connectivity index (χ3v) is 7.42. The van der Waals surface area contributed by atoms with Gasteiger partial charge in [0.2, 0.25) is 10.0 Å². The highest BCUT2D eigenvalue weighted by molar-refractivity contribution is 7.89. The number of carbonyl (C=O) groups excluding carboxylic acids is 1. The predicted molar refractivity (Wildman–Crippen MR) is 126 cm³/mol. The van der Waals surface area contributed by atoms with E-state index in [-0.39, 0.29) is 16.4 Å². The summed E-state index contributed by atoms with van der Waals surface area (Å²) in [6, 6.07) is 11.4. The van der Waals surface area contributed by atoms with Gasteiger partial charge in [0.25, 0.3) is 0 Å². The Balaban J connectivity index is 1.82. The number of hydrogen-bond acceptors (Lipinski definition) is 7. The van der Waals surface area contributed by atoms with E-state index in [4.69, 9.17) is 9.47 Å². The van der Waals surface area contributed by atoms with Crippen LogP contribution in [0.3, 0.4) is 0 Å². The molecule has 0 N–H and O–H groups in total. The van der Waals surface area contributed by atoms with Gasteiger partial charge in [-0.15, -0.1) is 0 Å². The van der Waals surface area contributed by atoms with Crippen molar-refractivity contribution in [2.75, 3.05) is 47.5 Å². The quantitative estimate of drug-likeness (QED) is 0.430. The van der Waals surface area contributed by atoms with Crippen LogP contribution in [0.2, 0.25) is 0 Å². The SMILES string of the molecule is COC(=O)/C=C/c1cc(OC)c(OC)c(S(=O)(=O)N2CCN(Cc3cccc(C)c3)CC2)c1. The van der Waals surface area contributed by atoms with Gasteiger partial charge in [-0.25, -0.2) is 13.2 Å². The lowest BCUT2D eigenvalue weighted by Crippen LogP contribution is -2.48. The summed E-state index contributed by atoms with van der Waals surface area (Å²) >= 11 is 0. The standard InChI is InChI=1S/C24H30N2O6S/c1-18-6-5-7-20(14-18)17-25-10-12-26(13-11-25)33(28,29)22-16-19(8-9-23(27)31-3)15-21(30-2)24(22)32-4/h5-9,14-16H,10-13,17H2,1-4H3/b9-8+. The van der Waals surface area contributed by atoms with Gasteiger partial charge in [0, 0.05) is 38.8 Å². The highest BCUT2D eigenvalue weighted by Gasteiger charge is 2.32. The van der Waals surface area contributed by atoms with Crippen LogP contribution in [-0.4, -0.2) is 71.1 Å². The van der Waals surface area contributed by atoms with Crippen LogP contribution in [0.5, 0.6) is 11.5 Å². The molecule has 0 bridgehead atoms. The van der Waals surface area contributed by atoms with E-state index >= 15 is 0 Å². The molecule has 0 saturated carbocycles. The van der Waals surface area contributed by atoms with Crippen molar-refractivity contribution in [2.45, 2.75) is 18.4 Å². The van der Waals surface area contributed by atoms with E-state index in [1.54, 1.807) is 6.07 Å². The van der Waals surface area contributed by atoms with Crippen molar-refractivity contribution in [1.82, 2.24) is 9.21 Å². The zero-order chi connectivity index (χ0) is 24.0. The molecule has 0 atom stereocenters. The summed E-state index contributed by atoms with van der Waals surface area (Å²) in [5, 5.41) is 0. The lowest BCUT2D eigenvalue weighted by Gasteiger charge is -2.34. The summed E-state index contributed by atoms with van der Waals surface area (Å²) in [7, 11) is 0.258. The Bertz CT molecular complexity index is 1120. The van der Waals surface area contributed by atoms with Gasteiger partial charge in [0.15, 0.2) is 11.5 Å². The molecular formula is C24H30N2O6S. The molecule has 33 heavy (non-hydrogen) atoms. The summed E-state index contributed by atoms with van der Waals surface area (Å²) in [5.41, 5.74) is 2.90. The van der Waals surface area contributed by atoms with E-state index in [0.717, 1.165) is 6.54 Å². The number of sulfonamides is 1. The molecule has 0 unspecified atom stereocenters. The average Bonchev–Trinajstić information content (AvgIpc) is 2.82. The predicted octanol–water partition coefficient (Wildman–Crippen LogP) is 2.70. The molecule has 1 heterocycles. The molecule has 3 rings (SSSR count). The largest absolute Gasteiger partial charge is 0.493 e. The minimum Gasteiger partial charge on any atom is -0.493 e. The molecule has 9 heteroatoms. The maximum atomic E-state index is 13.5. The normalized spacial score (nSPS) is 15.5. The molecule has 1 saturated heterocycles. The number of benzene rings is 2. The number of methoxy groups -OCH3 is 3. The molecule has 0 aromatic heterocycles. The fraction of sp³-hybridized carbons (Fsp3) is 0.375. The molecule has 0 aliphatic carbocycles. The van der Waals surface area contributed by atoms with Gasteiger partial charge in [-0.3, -0.25) is 4.90 Å². The maximum absolute atomic E-state index is 13.5. The Hall–Kier alpha value is -2.88. The Morgan fingerprint density at radius 2 is 1.76 bits per heavy atom.